The van der Waals surface area contributed by atoms with E-state index in [0.717, 1.165) is 0 Å². The maximum absolute atomic E-state index is 9.49. The molecule has 1 aromatic rings. The Morgan fingerprint density at radius 3 is 2.44 bits per heavy atom. The van der Waals surface area contributed by atoms with E-state index in [1.165, 1.54) is 42.4 Å². The smallest absolute Gasteiger partial charge is 0.0479 e. The van der Waals surface area contributed by atoms with Gasteiger partial charge in [-0.15, -0.1) is 0 Å². The SMILES string of the molecule is CC(C)C(CO)C(N)c1ccc2c(c1)CCCC2. The fraction of sp³-hybridized carbons (Fsp3) is 0.625. The van der Waals surface area contributed by atoms with Crippen LogP contribution in [-0.2, 0) is 12.8 Å². The molecular weight excluding hydrogens is 222 g/mol. The predicted molar refractivity (Wildman–Crippen MR) is 75.4 cm³/mol. The van der Waals surface area contributed by atoms with Crippen molar-refractivity contribution in [3.05, 3.63) is 34.9 Å². The highest BCUT2D eigenvalue weighted by Gasteiger charge is 2.23. The van der Waals surface area contributed by atoms with E-state index in [1.54, 1.807) is 0 Å². The van der Waals surface area contributed by atoms with Crippen LogP contribution in [0.2, 0.25) is 0 Å². The largest absolute Gasteiger partial charge is 0.396 e. The topological polar surface area (TPSA) is 46.2 Å². The lowest BCUT2D eigenvalue weighted by atomic mass is 9.83. The second-order valence-corrected chi connectivity index (χ2v) is 5.85. The van der Waals surface area contributed by atoms with Gasteiger partial charge in [0.2, 0.25) is 0 Å². The molecule has 2 atom stereocenters. The van der Waals surface area contributed by atoms with Crippen LogP contribution in [0.25, 0.3) is 0 Å². The van der Waals surface area contributed by atoms with Crippen molar-refractivity contribution in [3.8, 4) is 0 Å². The molecule has 1 aromatic carbocycles. The molecule has 3 N–H and O–H groups in total. The van der Waals surface area contributed by atoms with Crippen molar-refractivity contribution >= 4 is 0 Å². The molecule has 0 aromatic heterocycles. The summed E-state index contributed by atoms with van der Waals surface area (Å²) in [6.45, 7) is 4.41. The molecule has 0 saturated carbocycles. The number of aliphatic hydroxyl groups excluding tert-OH is 1. The van der Waals surface area contributed by atoms with E-state index in [2.05, 4.69) is 32.0 Å². The molecule has 0 saturated heterocycles. The van der Waals surface area contributed by atoms with E-state index in [4.69, 9.17) is 5.73 Å². The summed E-state index contributed by atoms with van der Waals surface area (Å²) in [4.78, 5) is 0. The molecule has 2 nitrogen and oxygen atoms in total. The Balaban J connectivity index is 2.22. The number of aliphatic hydroxyl groups is 1. The van der Waals surface area contributed by atoms with Gasteiger partial charge in [-0.3, -0.25) is 0 Å². The van der Waals surface area contributed by atoms with Gasteiger partial charge in [0.05, 0.1) is 0 Å². The third kappa shape index (κ3) is 2.76. The van der Waals surface area contributed by atoms with Crippen LogP contribution in [0.4, 0.5) is 0 Å². The molecule has 2 rings (SSSR count). The molecule has 0 aliphatic heterocycles. The Bertz CT molecular complexity index is 400. The van der Waals surface area contributed by atoms with Gasteiger partial charge in [0, 0.05) is 18.6 Å². The Hall–Kier alpha value is -0.860. The summed E-state index contributed by atoms with van der Waals surface area (Å²) in [5, 5.41) is 9.49. The van der Waals surface area contributed by atoms with Crippen molar-refractivity contribution < 1.29 is 5.11 Å². The first kappa shape index (κ1) is 13.6. The number of hydrogen-bond donors (Lipinski definition) is 2. The minimum absolute atomic E-state index is 0.0535. The van der Waals surface area contributed by atoms with Crippen LogP contribution in [0, 0.1) is 11.8 Å². The first-order valence-electron chi connectivity index (χ1n) is 7.11. The van der Waals surface area contributed by atoms with Gasteiger partial charge in [0.15, 0.2) is 0 Å². The fourth-order valence-corrected chi connectivity index (χ4v) is 2.95. The van der Waals surface area contributed by atoms with E-state index in [1.807, 2.05) is 0 Å². The lowest BCUT2D eigenvalue weighted by molar-refractivity contribution is 0.166. The third-order valence-electron chi connectivity index (χ3n) is 4.29. The standard InChI is InChI=1S/C16H25NO/c1-11(2)15(10-18)16(17)14-8-7-12-5-3-4-6-13(12)9-14/h7-9,11,15-16,18H,3-6,10,17H2,1-2H3. The summed E-state index contributed by atoms with van der Waals surface area (Å²) in [6, 6.07) is 6.60. The van der Waals surface area contributed by atoms with Crippen molar-refractivity contribution in [3.63, 3.8) is 0 Å². The number of fused-ring (bicyclic) bond motifs is 1. The molecular formula is C16H25NO. The predicted octanol–water partition coefficient (Wildman–Crippen LogP) is 2.83. The second-order valence-electron chi connectivity index (χ2n) is 5.85. The molecule has 0 heterocycles. The zero-order chi connectivity index (χ0) is 13.1. The van der Waals surface area contributed by atoms with E-state index in [0.29, 0.717) is 5.92 Å². The van der Waals surface area contributed by atoms with Gasteiger partial charge < -0.3 is 10.8 Å². The third-order valence-corrected chi connectivity index (χ3v) is 4.29. The van der Waals surface area contributed by atoms with Crippen molar-refractivity contribution in [1.29, 1.82) is 0 Å². The van der Waals surface area contributed by atoms with Crippen LogP contribution in [0.5, 0.6) is 0 Å². The number of rotatable bonds is 4. The molecule has 0 spiro atoms. The normalized spacial score (nSPS) is 18.5. The first-order valence-corrected chi connectivity index (χ1v) is 7.11. The van der Waals surface area contributed by atoms with Crippen molar-refractivity contribution in [2.75, 3.05) is 6.61 Å². The Morgan fingerprint density at radius 1 is 1.17 bits per heavy atom. The Morgan fingerprint density at radius 2 is 1.83 bits per heavy atom. The van der Waals surface area contributed by atoms with Crippen LogP contribution in [-0.4, -0.2) is 11.7 Å². The summed E-state index contributed by atoms with van der Waals surface area (Å²) >= 11 is 0. The molecule has 0 fully saturated rings. The maximum atomic E-state index is 9.49. The summed E-state index contributed by atoms with van der Waals surface area (Å²) in [5.74, 6) is 0.549. The lowest BCUT2D eigenvalue weighted by Crippen LogP contribution is -2.28. The molecule has 0 amide bonds. The molecule has 18 heavy (non-hydrogen) atoms. The van der Waals surface area contributed by atoms with Crippen LogP contribution in [0.1, 0.15) is 49.4 Å². The zero-order valence-corrected chi connectivity index (χ0v) is 11.5. The lowest BCUT2D eigenvalue weighted by Gasteiger charge is -2.27. The van der Waals surface area contributed by atoms with Gasteiger partial charge in [-0.2, -0.15) is 0 Å². The summed E-state index contributed by atoms with van der Waals surface area (Å²) in [5.41, 5.74) is 10.5. The highest BCUT2D eigenvalue weighted by molar-refractivity contribution is 5.35. The minimum atomic E-state index is -0.0535. The number of nitrogens with two attached hydrogens (primary N) is 1. The van der Waals surface area contributed by atoms with Crippen molar-refractivity contribution in [2.24, 2.45) is 17.6 Å². The van der Waals surface area contributed by atoms with Crippen LogP contribution >= 0.6 is 0 Å². The molecule has 2 heteroatoms. The molecule has 100 valence electrons. The van der Waals surface area contributed by atoms with E-state index >= 15 is 0 Å². The number of aryl methyl sites for hydroxylation is 2. The van der Waals surface area contributed by atoms with Gasteiger partial charge in [-0.25, -0.2) is 0 Å². The van der Waals surface area contributed by atoms with E-state index in [-0.39, 0.29) is 18.6 Å². The highest BCUT2D eigenvalue weighted by atomic mass is 16.3. The summed E-state index contributed by atoms with van der Waals surface area (Å²) < 4.78 is 0. The highest BCUT2D eigenvalue weighted by Crippen LogP contribution is 2.29. The molecule has 1 aliphatic rings. The Kier molecular flexibility index (Phi) is 4.41. The second kappa shape index (κ2) is 5.85. The van der Waals surface area contributed by atoms with Gasteiger partial charge >= 0.3 is 0 Å². The summed E-state index contributed by atoms with van der Waals surface area (Å²) in [7, 11) is 0. The minimum Gasteiger partial charge on any atom is -0.396 e. The number of benzene rings is 1. The molecule has 2 unspecified atom stereocenters. The fourth-order valence-electron chi connectivity index (χ4n) is 2.95. The molecule has 1 aliphatic carbocycles. The monoisotopic (exact) mass is 247 g/mol. The first-order chi connectivity index (χ1) is 8.63. The Labute approximate surface area is 110 Å². The van der Waals surface area contributed by atoms with Gasteiger partial charge in [0.25, 0.3) is 0 Å². The quantitative estimate of drug-likeness (QED) is 0.859. The van der Waals surface area contributed by atoms with Gasteiger partial charge in [0.1, 0.15) is 0 Å². The van der Waals surface area contributed by atoms with Crippen LogP contribution in [0.15, 0.2) is 18.2 Å². The molecule has 0 bridgehead atoms. The zero-order valence-electron chi connectivity index (χ0n) is 11.5. The van der Waals surface area contributed by atoms with Gasteiger partial charge in [-0.05, 0) is 48.3 Å². The average Bonchev–Trinajstić information content (AvgIpc) is 2.38. The van der Waals surface area contributed by atoms with E-state index < -0.39 is 0 Å². The van der Waals surface area contributed by atoms with Gasteiger partial charge in [-0.1, -0.05) is 32.0 Å². The van der Waals surface area contributed by atoms with Crippen molar-refractivity contribution in [1.82, 2.24) is 0 Å². The van der Waals surface area contributed by atoms with Crippen molar-refractivity contribution in [2.45, 2.75) is 45.6 Å². The average molecular weight is 247 g/mol. The van der Waals surface area contributed by atoms with E-state index in [9.17, 15) is 5.11 Å². The maximum Gasteiger partial charge on any atom is 0.0479 e. The molecule has 0 radical (unpaired) electrons. The van der Waals surface area contributed by atoms with Crippen LogP contribution < -0.4 is 5.73 Å². The summed E-state index contributed by atoms with van der Waals surface area (Å²) in [6.07, 6.45) is 4.99. The number of hydrogen-bond acceptors (Lipinski definition) is 2. The van der Waals surface area contributed by atoms with Crippen LogP contribution in [0.3, 0.4) is 0 Å².